The van der Waals surface area contributed by atoms with Gasteiger partial charge in [-0.15, -0.1) is 12.6 Å². The van der Waals surface area contributed by atoms with Gasteiger partial charge in [0, 0.05) is 23.4 Å². The van der Waals surface area contributed by atoms with Crippen molar-refractivity contribution in [3.8, 4) is 17.4 Å². The number of hydrogen-bond donors (Lipinski definition) is 2. The molecule has 4 rings (SSSR count). The number of para-hydroxylation sites is 1. The lowest BCUT2D eigenvalue weighted by molar-refractivity contribution is -0.384. The molecule has 0 aliphatic carbocycles. The number of carbonyl (C=O) groups is 1. The molecule has 1 aliphatic rings. The van der Waals surface area contributed by atoms with Crippen LogP contribution >= 0.6 is 24.2 Å². The molecular weight excluding hydrogens is 440 g/mol. The second kappa shape index (κ2) is 8.18. The van der Waals surface area contributed by atoms with Gasteiger partial charge in [-0.1, -0.05) is 29.8 Å². The summed E-state index contributed by atoms with van der Waals surface area (Å²) >= 11 is 10.6. The molecule has 1 aliphatic heterocycles. The third kappa shape index (κ3) is 3.74. The summed E-state index contributed by atoms with van der Waals surface area (Å²) < 4.78 is 5.96. The van der Waals surface area contributed by atoms with E-state index in [1.54, 1.807) is 17.0 Å². The summed E-state index contributed by atoms with van der Waals surface area (Å²) in [5, 5.41) is 23.4. The van der Waals surface area contributed by atoms with Crippen molar-refractivity contribution in [1.82, 2.24) is 5.32 Å². The van der Waals surface area contributed by atoms with Crippen LogP contribution in [0.25, 0.3) is 11.3 Å². The van der Waals surface area contributed by atoms with Gasteiger partial charge in [-0.2, -0.15) is 5.26 Å². The number of nitrogens with one attached hydrogen (secondary N) is 1. The Hall–Kier alpha value is -3.74. The molecule has 0 radical (unpaired) electrons. The summed E-state index contributed by atoms with van der Waals surface area (Å²) in [6.45, 7) is 0. The summed E-state index contributed by atoms with van der Waals surface area (Å²) in [6.07, 6.45) is -0.773. The van der Waals surface area contributed by atoms with Crippen molar-refractivity contribution in [3.63, 3.8) is 0 Å². The third-order valence-corrected chi connectivity index (χ3v) is 5.43. The van der Waals surface area contributed by atoms with Crippen LogP contribution in [0.1, 0.15) is 11.9 Å². The minimum atomic E-state index is -0.773. The predicted octanol–water partition coefficient (Wildman–Crippen LogP) is 4.81. The number of thiol groups is 1. The van der Waals surface area contributed by atoms with E-state index >= 15 is 0 Å². The summed E-state index contributed by atoms with van der Waals surface area (Å²) in [4.78, 5) is 24.5. The van der Waals surface area contributed by atoms with Crippen LogP contribution in [0.4, 0.5) is 11.4 Å². The van der Waals surface area contributed by atoms with Gasteiger partial charge in [-0.3, -0.25) is 14.9 Å². The van der Waals surface area contributed by atoms with Gasteiger partial charge >= 0.3 is 0 Å². The molecule has 1 unspecified atom stereocenters. The Bertz CT molecular complexity index is 1270. The lowest BCUT2D eigenvalue weighted by Crippen LogP contribution is -2.45. The fraction of sp³-hybridized carbons (Fsp3) is 0.0476. The first-order valence-electron chi connectivity index (χ1n) is 8.93. The quantitative estimate of drug-likeness (QED) is 0.334. The molecule has 0 saturated heterocycles. The largest absolute Gasteiger partial charge is 0.457 e. The first-order chi connectivity index (χ1) is 14.9. The average Bonchev–Trinajstić information content (AvgIpc) is 3.24. The summed E-state index contributed by atoms with van der Waals surface area (Å²) in [5.41, 5.74) is 0.903. The number of nitro benzene ring substituents is 1. The lowest BCUT2D eigenvalue weighted by atomic mass is 10.1. The van der Waals surface area contributed by atoms with E-state index < -0.39 is 17.0 Å². The number of carbonyl (C=O) groups excluding carboxylic acids is 1. The van der Waals surface area contributed by atoms with E-state index in [0.717, 1.165) is 0 Å². The minimum Gasteiger partial charge on any atom is -0.457 e. The smallest absolute Gasteiger partial charge is 0.270 e. The highest BCUT2D eigenvalue weighted by molar-refractivity contribution is 7.84. The molecule has 2 aromatic carbocycles. The minimum absolute atomic E-state index is 0.117. The van der Waals surface area contributed by atoms with E-state index in [2.05, 4.69) is 17.9 Å². The van der Waals surface area contributed by atoms with Crippen LogP contribution in [0.5, 0.6) is 0 Å². The Kier molecular flexibility index (Phi) is 5.42. The highest BCUT2D eigenvalue weighted by Crippen LogP contribution is 2.38. The number of nitriles is 1. The number of hydrogen-bond acceptors (Lipinski definition) is 7. The second-order valence-corrected chi connectivity index (χ2v) is 7.35. The van der Waals surface area contributed by atoms with Crippen molar-refractivity contribution < 1.29 is 14.1 Å². The molecule has 2 heterocycles. The molecule has 0 saturated carbocycles. The topological polar surface area (TPSA) is 112 Å². The van der Waals surface area contributed by atoms with E-state index in [1.807, 2.05) is 36.4 Å². The number of anilines is 1. The second-order valence-electron chi connectivity index (χ2n) is 6.52. The molecule has 1 amide bonds. The Balaban J connectivity index is 1.77. The number of non-ortho nitro benzene ring substituents is 1. The Labute approximate surface area is 186 Å². The van der Waals surface area contributed by atoms with Crippen molar-refractivity contribution in [2.75, 3.05) is 4.90 Å². The van der Waals surface area contributed by atoms with E-state index in [0.29, 0.717) is 22.8 Å². The van der Waals surface area contributed by atoms with Crippen LogP contribution in [0, 0.1) is 21.4 Å². The molecule has 1 atom stereocenters. The van der Waals surface area contributed by atoms with Gasteiger partial charge in [0.05, 0.1) is 15.0 Å². The number of nitro groups is 1. The number of halogens is 1. The summed E-state index contributed by atoms with van der Waals surface area (Å²) in [7, 11) is 0. The Morgan fingerprint density at radius 2 is 1.94 bits per heavy atom. The number of nitrogens with zero attached hydrogens (tertiary/aromatic N) is 3. The molecule has 154 valence electrons. The first kappa shape index (κ1) is 20.5. The molecule has 0 spiro atoms. The van der Waals surface area contributed by atoms with E-state index in [9.17, 15) is 20.2 Å². The molecule has 0 fully saturated rings. The maximum atomic E-state index is 12.4. The van der Waals surface area contributed by atoms with Crippen LogP contribution in [-0.4, -0.2) is 10.8 Å². The lowest BCUT2D eigenvalue weighted by Gasteiger charge is -2.36. The fourth-order valence-corrected chi connectivity index (χ4v) is 3.88. The summed E-state index contributed by atoms with van der Waals surface area (Å²) in [5.74, 6) is 0.161. The SMILES string of the molecule is N#CC1=C(S)N(c2ccccc2)C(c2ccc(-c3ccc([N+](=O)[O-])cc3Cl)o2)NC1=O. The van der Waals surface area contributed by atoms with E-state index in [-0.39, 0.29) is 21.3 Å². The fourth-order valence-electron chi connectivity index (χ4n) is 3.23. The van der Waals surface area contributed by atoms with E-state index in [1.165, 1.54) is 18.2 Å². The van der Waals surface area contributed by atoms with Crippen LogP contribution < -0.4 is 10.2 Å². The highest BCUT2D eigenvalue weighted by Gasteiger charge is 2.35. The standard InChI is InChI=1S/C21H13ClN4O4S/c22-16-10-13(26(28)29)6-7-14(16)17-8-9-18(30-17)19-24-20(27)15(11-23)21(31)25(19)12-4-2-1-3-5-12/h1-10,19,31H,(H,24,27). The zero-order valence-electron chi connectivity index (χ0n) is 15.7. The van der Waals surface area contributed by atoms with Gasteiger partial charge < -0.3 is 14.6 Å². The third-order valence-electron chi connectivity index (χ3n) is 4.68. The maximum Gasteiger partial charge on any atom is 0.270 e. The van der Waals surface area contributed by atoms with Gasteiger partial charge in [-0.25, -0.2) is 0 Å². The van der Waals surface area contributed by atoms with Gasteiger partial charge in [0.25, 0.3) is 11.6 Å². The van der Waals surface area contributed by atoms with Gasteiger partial charge in [-0.05, 0) is 30.3 Å². The van der Waals surface area contributed by atoms with Crippen LogP contribution in [0.3, 0.4) is 0 Å². The van der Waals surface area contributed by atoms with Crippen molar-refractivity contribution in [2.24, 2.45) is 0 Å². The first-order valence-corrected chi connectivity index (χ1v) is 9.75. The van der Waals surface area contributed by atoms with Crippen molar-refractivity contribution in [3.05, 3.63) is 92.2 Å². The molecule has 1 aromatic heterocycles. The Morgan fingerprint density at radius 3 is 2.58 bits per heavy atom. The molecule has 10 heteroatoms. The molecule has 8 nitrogen and oxygen atoms in total. The number of amides is 1. The maximum absolute atomic E-state index is 12.4. The van der Waals surface area contributed by atoms with Crippen LogP contribution in [-0.2, 0) is 4.79 Å². The Morgan fingerprint density at radius 1 is 1.19 bits per heavy atom. The van der Waals surface area contributed by atoms with Crippen LogP contribution in [0.15, 0.2) is 75.7 Å². The van der Waals surface area contributed by atoms with Crippen molar-refractivity contribution >= 4 is 41.5 Å². The average molecular weight is 453 g/mol. The van der Waals surface area contributed by atoms with E-state index in [4.69, 9.17) is 16.0 Å². The monoisotopic (exact) mass is 452 g/mol. The molecular formula is C21H13ClN4O4S. The predicted molar refractivity (Wildman–Crippen MR) is 117 cm³/mol. The number of benzene rings is 2. The summed E-state index contributed by atoms with van der Waals surface area (Å²) in [6, 6.07) is 18.4. The number of furan rings is 1. The molecule has 31 heavy (non-hydrogen) atoms. The normalized spacial score (nSPS) is 16.1. The zero-order valence-corrected chi connectivity index (χ0v) is 17.3. The van der Waals surface area contributed by atoms with Gasteiger partial charge in [0.15, 0.2) is 6.17 Å². The number of rotatable bonds is 4. The molecule has 0 bridgehead atoms. The molecule has 1 N–H and O–H groups in total. The zero-order chi connectivity index (χ0) is 22.1. The highest BCUT2D eigenvalue weighted by atomic mass is 35.5. The van der Waals surface area contributed by atoms with Crippen molar-refractivity contribution in [1.29, 1.82) is 5.26 Å². The van der Waals surface area contributed by atoms with Crippen molar-refractivity contribution in [2.45, 2.75) is 6.17 Å². The van der Waals surface area contributed by atoms with Crippen LogP contribution in [0.2, 0.25) is 5.02 Å². The molecule has 3 aromatic rings. The van der Waals surface area contributed by atoms with Gasteiger partial charge in [0.2, 0.25) is 0 Å². The van der Waals surface area contributed by atoms with Gasteiger partial charge in [0.1, 0.15) is 23.2 Å².